The molecule has 2 N–H and O–H groups in total. The summed E-state index contributed by atoms with van der Waals surface area (Å²) in [5.41, 5.74) is -0.701. The summed E-state index contributed by atoms with van der Waals surface area (Å²) in [5.74, 6) is -0.827. The second-order valence-electron chi connectivity index (χ2n) is 6.95. The van der Waals surface area contributed by atoms with Gasteiger partial charge in [0, 0.05) is 6.42 Å². The normalized spacial score (nSPS) is 17.2. The number of carbonyl (C=O) groups is 3. The average Bonchev–Trinajstić information content (AvgIpc) is 2.92. The van der Waals surface area contributed by atoms with Crippen LogP contribution >= 0.6 is 0 Å². The van der Waals surface area contributed by atoms with Gasteiger partial charge in [-0.05, 0) is 52.0 Å². The first-order valence-corrected chi connectivity index (χ1v) is 8.11. The maximum Gasteiger partial charge on any atom is 0.408 e. The molecule has 0 spiro atoms. The Morgan fingerprint density at radius 2 is 1.87 bits per heavy atom. The van der Waals surface area contributed by atoms with Crippen LogP contribution in [0.1, 0.15) is 59.3 Å². The molecular formula is C17H27NO5. The fraction of sp³-hybridized carbons (Fsp3) is 0.706. The minimum Gasteiger partial charge on any atom is -0.480 e. The van der Waals surface area contributed by atoms with Gasteiger partial charge in [0.15, 0.2) is 5.78 Å². The molecule has 1 rings (SSSR count). The summed E-state index contributed by atoms with van der Waals surface area (Å²) in [5, 5.41) is 11.4. The molecule has 1 amide bonds. The third kappa shape index (κ3) is 8.38. The maximum absolute atomic E-state index is 11.8. The average molecular weight is 325 g/mol. The number of ketones is 1. The number of carboxylic acid groups (broad SMARTS) is 1. The number of carbonyl (C=O) groups excluding carboxylic acids is 2. The van der Waals surface area contributed by atoms with Gasteiger partial charge < -0.3 is 15.2 Å². The smallest absolute Gasteiger partial charge is 0.408 e. The Bertz CT molecular complexity index is 458. The Morgan fingerprint density at radius 3 is 2.39 bits per heavy atom. The van der Waals surface area contributed by atoms with Crippen molar-refractivity contribution in [2.24, 2.45) is 5.92 Å². The minimum absolute atomic E-state index is 0.0441. The van der Waals surface area contributed by atoms with E-state index in [0.29, 0.717) is 5.92 Å². The molecule has 6 nitrogen and oxygen atoms in total. The molecule has 0 aromatic heterocycles. The second-order valence-corrected chi connectivity index (χ2v) is 6.95. The predicted octanol–water partition coefficient (Wildman–Crippen LogP) is 3.06. The van der Waals surface area contributed by atoms with E-state index in [9.17, 15) is 14.4 Å². The largest absolute Gasteiger partial charge is 0.480 e. The van der Waals surface area contributed by atoms with E-state index in [1.807, 2.05) is 6.08 Å². The van der Waals surface area contributed by atoms with Crippen LogP contribution in [0.2, 0.25) is 0 Å². The van der Waals surface area contributed by atoms with Crippen molar-refractivity contribution < 1.29 is 24.2 Å². The van der Waals surface area contributed by atoms with E-state index >= 15 is 0 Å². The van der Waals surface area contributed by atoms with Crippen molar-refractivity contribution >= 4 is 17.8 Å². The lowest BCUT2D eigenvalue weighted by Gasteiger charge is -2.21. The lowest BCUT2D eigenvalue weighted by molar-refractivity contribution is -0.139. The Morgan fingerprint density at radius 1 is 1.26 bits per heavy atom. The van der Waals surface area contributed by atoms with Crippen LogP contribution in [-0.4, -0.2) is 34.6 Å². The number of aliphatic carboxylic acids is 1. The van der Waals surface area contributed by atoms with Gasteiger partial charge in [-0.3, -0.25) is 4.79 Å². The summed E-state index contributed by atoms with van der Waals surface area (Å²) in [7, 11) is 0. The van der Waals surface area contributed by atoms with Crippen LogP contribution in [-0.2, 0) is 14.3 Å². The molecule has 23 heavy (non-hydrogen) atoms. The third-order valence-electron chi connectivity index (χ3n) is 3.62. The molecule has 0 radical (unpaired) electrons. The van der Waals surface area contributed by atoms with Crippen molar-refractivity contribution in [1.82, 2.24) is 5.32 Å². The van der Waals surface area contributed by atoms with Gasteiger partial charge in [0.05, 0.1) is 0 Å². The van der Waals surface area contributed by atoms with Crippen molar-refractivity contribution in [3.63, 3.8) is 0 Å². The zero-order valence-electron chi connectivity index (χ0n) is 14.1. The molecular weight excluding hydrogens is 298 g/mol. The van der Waals surface area contributed by atoms with Gasteiger partial charge >= 0.3 is 12.1 Å². The van der Waals surface area contributed by atoms with Crippen LogP contribution in [0.4, 0.5) is 4.79 Å². The van der Waals surface area contributed by atoms with Crippen molar-refractivity contribution in [3.8, 4) is 0 Å². The summed E-state index contributed by atoms with van der Waals surface area (Å²) in [6.07, 6.45) is 7.42. The van der Waals surface area contributed by atoms with Gasteiger partial charge in [0.1, 0.15) is 11.6 Å². The van der Waals surface area contributed by atoms with E-state index in [0.717, 1.165) is 12.8 Å². The van der Waals surface area contributed by atoms with Gasteiger partial charge in [0.25, 0.3) is 0 Å². The Hall–Kier alpha value is -1.85. The highest BCUT2D eigenvalue weighted by Crippen LogP contribution is 2.25. The second kappa shape index (κ2) is 8.70. The lowest BCUT2D eigenvalue weighted by Crippen LogP contribution is -2.43. The van der Waals surface area contributed by atoms with Crippen molar-refractivity contribution in [3.05, 3.63) is 12.2 Å². The predicted molar refractivity (Wildman–Crippen MR) is 86.1 cm³/mol. The maximum atomic E-state index is 11.8. The first-order chi connectivity index (χ1) is 10.7. The molecule has 0 heterocycles. The molecule has 0 bridgehead atoms. The highest BCUT2D eigenvalue weighted by atomic mass is 16.6. The molecule has 130 valence electrons. The van der Waals surface area contributed by atoms with Crippen LogP contribution < -0.4 is 5.32 Å². The number of rotatable bonds is 7. The van der Waals surface area contributed by atoms with Gasteiger partial charge in [-0.25, -0.2) is 9.59 Å². The molecule has 1 aliphatic carbocycles. The van der Waals surface area contributed by atoms with Crippen LogP contribution in [0.3, 0.4) is 0 Å². The zero-order valence-corrected chi connectivity index (χ0v) is 14.1. The van der Waals surface area contributed by atoms with E-state index in [1.165, 1.54) is 12.8 Å². The van der Waals surface area contributed by atoms with E-state index in [4.69, 9.17) is 9.84 Å². The van der Waals surface area contributed by atoms with E-state index in [-0.39, 0.29) is 18.6 Å². The highest BCUT2D eigenvalue weighted by Gasteiger charge is 2.24. The first-order valence-electron chi connectivity index (χ1n) is 8.11. The molecule has 1 saturated carbocycles. The number of carboxylic acids is 1. The number of allylic oxidation sites excluding steroid dienone is 2. The standard InChI is InChI=1S/C17H27NO5/c1-17(2,3)23-16(22)18-14(15(20)21)11-10-13(19)9-8-12-6-4-5-7-12/h8-9,12,14H,4-7,10-11H2,1-3H3,(H,18,22)(H,20,21)/b9-8+/t14-/m0/s1. The molecule has 0 saturated heterocycles. The molecule has 0 aromatic carbocycles. The van der Waals surface area contributed by atoms with E-state index in [2.05, 4.69) is 5.32 Å². The van der Waals surface area contributed by atoms with Crippen molar-refractivity contribution in [2.75, 3.05) is 0 Å². The van der Waals surface area contributed by atoms with Gasteiger partial charge in [-0.1, -0.05) is 18.9 Å². The third-order valence-corrected chi connectivity index (χ3v) is 3.62. The summed E-state index contributed by atoms with van der Waals surface area (Å²) in [6, 6.07) is -1.13. The topological polar surface area (TPSA) is 92.7 Å². The molecule has 1 aliphatic rings. The molecule has 1 atom stereocenters. The summed E-state index contributed by atoms with van der Waals surface area (Å²) in [6.45, 7) is 5.08. The van der Waals surface area contributed by atoms with E-state index < -0.39 is 23.7 Å². The van der Waals surface area contributed by atoms with Crippen molar-refractivity contribution in [2.45, 2.75) is 70.9 Å². The van der Waals surface area contributed by atoms with Crippen molar-refractivity contribution in [1.29, 1.82) is 0 Å². The Kier molecular flexibility index (Phi) is 7.26. The highest BCUT2D eigenvalue weighted by molar-refractivity contribution is 5.90. The monoisotopic (exact) mass is 325 g/mol. The molecule has 0 unspecified atom stereocenters. The van der Waals surface area contributed by atoms with E-state index in [1.54, 1.807) is 26.8 Å². The zero-order chi connectivity index (χ0) is 17.5. The van der Waals surface area contributed by atoms with Gasteiger partial charge in [-0.2, -0.15) is 0 Å². The number of hydrogen-bond donors (Lipinski definition) is 2. The number of nitrogens with one attached hydrogen (secondary N) is 1. The van der Waals surface area contributed by atoms with Crippen LogP contribution in [0.5, 0.6) is 0 Å². The fourth-order valence-electron chi connectivity index (χ4n) is 2.47. The SMILES string of the molecule is CC(C)(C)OC(=O)N[C@@H](CCC(=O)/C=C/C1CCCC1)C(=O)O. The number of alkyl carbamates (subject to hydrolysis) is 1. The molecule has 0 aliphatic heterocycles. The summed E-state index contributed by atoms with van der Waals surface area (Å²) in [4.78, 5) is 34.6. The fourth-order valence-corrected chi connectivity index (χ4v) is 2.47. The molecule has 1 fully saturated rings. The van der Waals surface area contributed by atoms with Crippen LogP contribution in [0, 0.1) is 5.92 Å². The Labute approximate surface area is 137 Å². The number of ether oxygens (including phenoxy) is 1. The number of amides is 1. The lowest BCUT2D eigenvalue weighted by atomic mass is 10.0. The summed E-state index contributed by atoms with van der Waals surface area (Å²) >= 11 is 0. The summed E-state index contributed by atoms with van der Waals surface area (Å²) < 4.78 is 5.03. The van der Waals surface area contributed by atoms with Gasteiger partial charge in [-0.15, -0.1) is 0 Å². The molecule has 6 heteroatoms. The quantitative estimate of drug-likeness (QED) is 0.702. The first kappa shape index (κ1) is 19.2. The van der Waals surface area contributed by atoms with Crippen LogP contribution in [0.25, 0.3) is 0 Å². The Balaban J connectivity index is 2.41. The minimum atomic E-state index is -1.18. The molecule has 0 aromatic rings. The van der Waals surface area contributed by atoms with Crippen LogP contribution in [0.15, 0.2) is 12.2 Å². The number of hydrogen-bond acceptors (Lipinski definition) is 4. The van der Waals surface area contributed by atoms with Gasteiger partial charge in [0.2, 0.25) is 0 Å².